The predicted octanol–water partition coefficient (Wildman–Crippen LogP) is 1.66. The largest absolute Gasteiger partial charge is 0.337 e. The van der Waals surface area contributed by atoms with Gasteiger partial charge in [-0.15, -0.1) is 0 Å². The quantitative estimate of drug-likeness (QED) is 0.771. The molecule has 3 rings (SSSR count). The minimum atomic E-state index is -0.598. The molecular weight excluding hydrogens is 242 g/mol. The Bertz CT molecular complexity index is 707. The molecule has 0 atom stereocenters. The number of fused-ring (bicyclic) bond motifs is 1. The van der Waals surface area contributed by atoms with Crippen LogP contribution in [0.25, 0.3) is 11.0 Å². The van der Waals surface area contributed by atoms with Gasteiger partial charge in [0, 0.05) is 0 Å². The fourth-order valence-electron chi connectivity index (χ4n) is 1.86. The molecule has 0 saturated carbocycles. The van der Waals surface area contributed by atoms with Crippen molar-refractivity contribution < 1.29 is 4.52 Å². The Hall–Kier alpha value is -2.21. The monoisotopic (exact) mass is 257 g/mol. The van der Waals surface area contributed by atoms with E-state index < -0.39 is 5.54 Å². The van der Waals surface area contributed by atoms with Crippen molar-refractivity contribution in [3.63, 3.8) is 0 Å². The molecule has 0 spiro atoms. The molecule has 6 nitrogen and oxygen atoms in total. The van der Waals surface area contributed by atoms with E-state index in [4.69, 9.17) is 10.3 Å². The minimum absolute atomic E-state index is 0.490. The van der Waals surface area contributed by atoms with Crippen LogP contribution in [0, 0.1) is 0 Å². The van der Waals surface area contributed by atoms with E-state index in [1.54, 1.807) is 6.33 Å². The lowest BCUT2D eigenvalue weighted by atomic mass is 10.1. The second-order valence-corrected chi connectivity index (χ2v) is 5.09. The van der Waals surface area contributed by atoms with E-state index in [1.165, 1.54) is 0 Å². The van der Waals surface area contributed by atoms with Crippen molar-refractivity contribution in [2.75, 3.05) is 0 Å². The Morgan fingerprint density at radius 1 is 1.32 bits per heavy atom. The molecule has 0 radical (unpaired) electrons. The summed E-state index contributed by atoms with van der Waals surface area (Å²) in [6, 6.07) is 7.91. The highest BCUT2D eigenvalue weighted by Crippen LogP contribution is 2.16. The van der Waals surface area contributed by atoms with Crippen molar-refractivity contribution in [1.82, 2.24) is 19.7 Å². The van der Waals surface area contributed by atoms with Gasteiger partial charge in [-0.25, -0.2) is 4.98 Å². The Balaban J connectivity index is 1.91. The van der Waals surface area contributed by atoms with Crippen molar-refractivity contribution >= 4 is 11.0 Å². The molecule has 0 unspecified atom stereocenters. The molecule has 0 aliphatic carbocycles. The molecule has 98 valence electrons. The molecule has 0 aliphatic heterocycles. The molecule has 0 bridgehead atoms. The van der Waals surface area contributed by atoms with Crippen LogP contribution < -0.4 is 5.73 Å². The summed E-state index contributed by atoms with van der Waals surface area (Å²) in [6.07, 6.45) is 1.77. The van der Waals surface area contributed by atoms with E-state index in [9.17, 15) is 0 Å². The van der Waals surface area contributed by atoms with Gasteiger partial charge in [-0.3, -0.25) is 0 Å². The highest BCUT2D eigenvalue weighted by atomic mass is 16.5. The number of aromatic nitrogens is 4. The van der Waals surface area contributed by atoms with Gasteiger partial charge < -0.3 is 14.8 Å². The topological polar surface area (TPSA) is 82.8 Å². The second kappa shape index (κ2) is 4.17. The third kappa shape index (κ3) is 2.22. The fraction of sp³-hybridized carbons (Fsp3) is 0.308. The highest BCUT2D eigenvalue weighted by molar-refractivity contribution is 5.74. The summed E-state index contributed by atoms with van der Waals surface area (Å²) < 4.78 is 7.19. The predicted molar refractivity (Wildman–Crippen MR) is 70.3 cm³/mol. The number of hydrogen-bond acceptors (Lipinski definition) is 5. The SMILES string of the molecule is CC(C)(N)c1noc(Cn2cnc3ccccc32)n1. The number of para-hydroxylation sites is 2. The zero-order valence-electron chi connectivity index (χ0n) is 10.9. The minimum Gasteiger partial charge on any atom is -0.337 e. The molecule has 6 heteroatoms. The molecule has 2 N–H and O–H groups in total. The van der Waals surface area contributed by atoms with Crippen LogP contribution in [0.15, 0.2) is 35.1 Å². The maximum atomic E-state index is 5.93. The van der Waals surface area contributed by atoms with Gasteiger partial charge in [0.05, 0.1) is 22.9 Å². The van der Waals surface area contributed by atoms with E-state index in [2.05, 4.69) is 15.1 Å². The zero-order valence-corrected chi connectivity index (χ0v) is 10.9. The maximum absolute atomic E-state index is 5.93. The number of hydrogen-bond donors (Lipinski definition) is 1. The van der Waals surface area contributed by atoms with E-state index in [1.807, 2.05) is 42.7 Å². The van der Waals surface area contributed by atoms with E-state index >= 15 is 0 Å². The molecule has 19 heavy (non-hydrogen) atoms. The number of nitrogens with zero attached hydrogens (tertiary/aromatic N) is 4. The van der Waals surface area contributed by atoms with Crippen LogP contribution in [0.5, 0.6) is 0 Å². The molecule has 1 aromatic carbocycles. The molecule has 2 aromatic heterocycles. The van der Waals surface area contributed by atoms with Gasteiger partial charge in [-0.2, -0.15) is 4.98 Å². The number of imidazole rings is 1. The Labute approximate surface area is 110 Å². The molecular formula is C13H15N5O. The Morgan fingerprint density at radius 3 is 2.84 bits per heavy atom. The highest BCUT2D eigenvalue weighted by Gasteiger charge is 2.21. The van der Waals surface area contributed by atoms with Gasteiger partial charge in [0.2, 0.25) is 5.89 Å². The summed E-state index contributed by atoms with van der Waals surface area (Å²) in [5.74, 6) is 1.03. The van der Waals surface area contributed by atoms with Crippen molar-refractivity contribution in [3.05, 3.63) is 42.3 Å². The third-order valence-corrected chi connectivity index (χ3v) is 2.88. The van der Waals surface area contributed by atoms with Gasteiger partial charge >= 0.3 is 0 Å². The lowest BCUT2D eigenvalue weighted by molar-refractivity contribution is 0.356. The van der Waals surface area contributed by atoms with Crippen LogP contribution in [0.3, 0.4) is 0 Å². The summed E-state index contributed by atoms with van der Waals surface area (Å²) in [6.45, 7) is 4.17. The van der Waals surface area contributed by atoms with Gasteiger partial charge in [0.25, 0.3) is 0 Å². The summed E-state index contributed by atoms with van der Waals surface area (Å²) in [5.41, 5.74) is 7.31. The number of benzene rings is 1. The van der Waals surface area contributed by atoms with Crippen LogP contribution in [0.4, 0.5) is 0 Å². The molecule has 0 saturated heterocycles. The van der Waals surface area contributed by atoms with Crippen LogP contribution in [-0.4, -0.2) is 19.7 Å². The first kappa shape index (κ1) is 11.9. The van der Waals surface area contributed by atoms with Crippen LogP contribution in [-0.2, 0) is 12.1 Å². The summed E-state index contributed by atoms with van der Waals surface area (Å²) >= 11 is 0. The van der Waals surface area contributed by atoms with E-state index in [0.717, 1.165) is 11.0 Å². The number of nitrogens with two attached hydrogens (primary N) is 1. The van der Waals surface area contributed by atoms with Crippen LogP contribution in [0.1, 0.15) is 25.6 Å². The Kier molecular flexibility index (Phi) is 2.60. The van der Waals surface area contributed by atoms with Crippen molar-refractivity contribution in [2.45, 2.75) is 25.9 Å². The lowest BCUT2D eigenvalue weighted by Crippen LogP contribution is -2.30. The maximum Gasteiger partial charge on any atom is 0.246 e. The molecule has 0 amide bonds. The average molecular weight is 257 g/mol. The average Bonchev–Trinajstić information content (AvgIpc) is 2.97. The van der Waals surface area contributed by atoms with Crippen LogP contribution >= 0.6 is 0 Å². The summed E-state index contributed by atoms with van der Waals surface area (Å²) in [7, 11) is 0. The Morgan fingerprint density at radius 2 is 2.11 bits per heavy atom. The zero-order chi connectivity index (χ0) is 13.5. The molecule has 0 aliphatic rings. The van der Waals surface area contributed by atoms with Crippen molar-refractivity contribution in [1.29, 1.82) is 0 Å². The van der Waals surface area contributed by atoms with Crippen molar-refractivity contribution in [2.24, 2.45) is 5.73 Å². The normalized spacial score (nSPS) is 12.2. The smallest absolute Gasteiger partial charge is 0.246 e. The molecule has 2 heterocycles. The van der Waals surface area contributed by atoms with E-state index in [-0.39, 0.29) is 0 Å². The molecule has 0 fully saturated rings. The summed E-state index contributed by atoms with van der Waals surface area (Å²) in [5, 5.41) is 3.90. The third-order valence-electron chi connectivity index (χ3n) is 2.88. The fourth-order valence-corrected chi connectivity index (χ4v) is 1.86. The van der Waals surface area contributed by atoms with Gasteiger partial charge in [0.1, 0.15) is 6.54 Å². The second-order valence-electron chi connectivity index (χ2n) is 5.09. The van der Waals surface area contributed by atoms with Crippen molar-refractivity contribution in [3.8, 4) is 0 Å². The van der Waals surface area contributed by atoms with Gasteiger partial charge in [-0.1, -0.05) is 17.3 Å². The first-order valence-corrected chi connectivity index (χ1v) is 6.06. The summed E-state index contributed by atoms with van der Waals surface area (Å²) in [4.78, 5) is 8.63. The molecule has 3 aromatic rings. The lowest BCUT2D eigenvalue weighted by Gasteiger charge is -2.11. The van der Waals surface area contributed by atoms with E-state index in [0.29, 0.717) is 18.3 Å². The van der Waals surface area contributed by atoms with Gasteiger partial charge in [-0.05, 0) is 26.0 Å². The van der Waals surface area contributed by atoms with Gasteiger partial charge in [0.15, 0.2) is 5.82 Å². The first-order valence-electron chi connectivity index (χ1n) is 6.06. The number of rotatable bonds is 3. The first-order chi connectivity index (χ1) is 9.04. The standard InChI is InChI=1S/C13H15N5O/c1-13(2,14)12-16-11(19-17-12)7-18-8-15-9-5-3-4-6-10(9)18/h3-6,8H,7,14H2,1-2H3. The van der Waals surface area contributed by atoms with Crippen LogP contribution in [0.2, 0.25) is 0 Å².